The molecule has 0 aromatic heterocycles. The first kappa shape index (κ1) is 14.2. The van der Waals surface area contributed by atoms with Crippen LogP contribution in [0.4, 0.5) is 11.4 Å². The van der Waals surface area contributed by atoms with Crippen LogP contribution < -0.4 is 20.3 Å². The maximum atomic E-state index is 12.0. The van der Waals surface area contributed by atoms with E-state index in [0.29, 0.717) is 18.9 Å². The molecule has 2 aliphatic heterocycles. The number of amides is 1. The number of likely N-dealkylation sites (N-methyl/N-ethyl adjacent to an activating group) is 1. The van der Waals surface area contributed by atoms with Crippen LogP contribution in [0.15, 0.2) is 18.2 Å². The number of carbonyl (C=O) groups is 1. The molecule has 0 radical (unpaired) electrons. The van der Waals surface area contributed by atoms with Crippen LogP contribution in [-0.4, -0.2) is 39.2 Å². The summed E-state index contributed by atoms with van der Waals surface area (Å²) in [4.78, 5) is 14.2. The van der Waals surface area contributed by atoms with Crippen molar-refractivity contribution in [2.24, 2.45) is 5.92 Å². The average molecular weight is 289 g/mol. The van der Waals surface area contributed by atoms with Gasteiger partial charge in [0.25, 0.3) is 0 Å². The first-order chi connectivity index (χ1) is 10.2. The first-order valence-corrected chi connectivity index (χ1v) is 7.71. The third-order valence-corrected chi connectivity index (χ3v) is 4.28. The van der Waals surface area contributed by atoms with Crippen molar-refractivity contribution in [1.82, 2.24) is 5.32 Å². The van der Waals surface area contributed by atoms with Crippen molar-refractivity contribution >= 4 is 17.3 Å². The van der Waals surface area contributed by atoms with Crippen LogP contribution in [0.2, 0.25) is 0 Å². The van der Waals surface area contributed by atoms with E-state index in [0.717, 1.165) is 43.2 Å². The van der Waals surface area contributed by atoms with Crippen LogP contribution in [0.3, 0.4) is 0 Å². The van der Waals surface area contributed by atoms with Gasteiger partial charge < -0.3 is 20.3 Å². The molecule has 1 aromatic rings. The fraction of sp³-hybridized carbons (Fsp3) is 0.562. The van der Waals surface area contributed by atoms with Gasteiger partial charge in [-0.05, 0) is 50.0 Å². The van der Waals surface area contributed by atoms with Gasteiger partial charge in [-0.2, -0.15) is 0 Å². The molecule has 1 aromatic carbocycles. The average Bonchev–Trinajstić information content (AvgIpc) is 2.99. The lowest BCUT2D eigenvalue weighted by atomic mass is 10.0. The molecule has 5 nitrogen and oxygen atoms in total. The Balaban J connectivity index is 1.56. The van der Waals surface area contributed by atoms with Crippen LogP contribution in [0.1, 0.15) is 19.3 Å². The number of nitrogens with zero attached hydrogens (tertiary/aromatic N) is 1. The third kappa shape index (κ3) is 3.47. The van der Waals surface area contributed by atoms with Gasteiger partial charge in [0.05, 0.1) is 12.2 Å². The number of anilines is 2. The number of ether oxygens (including phenoxy) is 1. The molecule has 2 heterocycles. The number of benzene rings is 1. The molecule has 1 fully saturated rings. The highest BCUT2D eigenvalue weighted by Crippen LogP contribution is 2.33. The first-order valence-electron chi connectivity index (χ1n) is 7.71. The van der Waals surface area contributed by atoms with Crippen LogP contribution in [0.5, 0.6) is 5.75 Å². The zero-order chi connectivity index (χ0) is 14.7. The second kappa shape index (κ2) is 6.35. The van der Waals surface area contributed by atoms with Crippen LogP contribution in [0, 0.1) is 5.92 Å². The maximum Gasteiger partial charge on any atom is 0.224 e. The molecule has 3 rings (SSSR count). The normalized spacial score (nSPS) is 20.8. The minimum absolute atomic E-state index is 0.0984. The Kier molecular flexibility index (Phi) is 4.29. The van der Waals surface area contributed by atoms with Crippen molar-refractivity contribution in [3.05, 3.63) is 18.2 Å². The van der Waals surface area contributed by atoms with Gasteiger partial charge >= 0.3 is 0 Å². The van der Waals surface area contributed by atoms with Crippen molar-refractivity contribution in [3.8, 4) is 5.75 Å². The fourth-order valence-corrected chi connectivity index (χ4v) is 2.95. The number of rotatable bonds is 4. The summed E-state index contributed by atoms with van der Waals surface area (Å²) in [5, 5.41) is 6.33. The Morgan fingerprint density at radius 2 is 2.43 bits per heavy atom. The Hall–Kier alpha value is -1.75. The highest BCUT2D eigenvalue weighted by molar-refractivity contribution is 5.91. The maximum absolute atomic E-state index is 12.0. The zero-order valence-corrected chi connectivity index (χ0v) is 12.5. The molecule has 0 spiro atoms. The molecule has 1 amide bonds. The topological polar surface area (TPSA) is 53.6 Å². The monoisotopic (exact) mass is 289 g/mol. The van der Waals surface area contributed by atoms with Gasteiger partial charge in [-0.1, -0.05) is 0 Å². The fourth-order valence-electron chi connectivity index (χ4n) is 2.95. The van der Waals surface area contributed by atoms with E-state index < -0.39 is 0 Å². The molecule has 21 heavy (non-hydrogen) atoms. The predicted molar refractivity (Wildman–Crippen MR) is 84.0 cm³/mol. The van der Waals surface area contributed by atoms with Crippen LogP contribution >= 0.6 is 0 Å². The van der Waals surface area contributed by atoms with Crippen LogP contribution in [-0.2, 0) is 4.79 Å². The van der Waals surface area contributed by atoms with E-state index in [-0.39, 0.29) is 5.91 Å². The van der Waals surface area contributed by atoms with Gasteiger partial charge in [-0.15, -0.1) is 0 Å². The van der Waals surface area contributed by atoms with E-state index in [1.165, 1.54) is 6.42 Å². The van der Waals surface area contributed by atoms with E-state index >= 15 is 0 Å². The van der Waals surface area contributed by atoms with E-state index in [2.05, 4.69) is 15.5 Å². The van der Waals surface area contributed by atoms with Gasteiger partial charge in [0, 0.05) is 19.2 Å². The van der Waals surface area contributed by atoms with Crippen LogP contribution in [0.25, 0.3) is 0 Å². The van der Waals surface area contributed by atoms with Gasteiger partial charge in [-0.3, -0.25) is 4.79 Å². The molecule has 0 saturated carbocycles. The Morgan fingerprint density at radius 1 is 1.52 bits per heavy atom. The number of hydrogen-bond donors (Lipinski definition) is 2. The summed E-state index contributed by atoms with van der Waals surface area (Å²) in [6.07, 6.45) is 2.75. The number of hydrogen-bond acceptors (Lipinski definition) is 4. The lowest BCUT2D eigenvalue weighted by Crippen LogP contribution is -2.28. The molecule has 5 heteroatoms. The lowest BCUT2D eigenvalue weighted by molar-refractivity contribution is -0.116. The summed E-state index contributed by atoms with van der Waals surface area (Å²) in [5.41, 5.74) is 1.89. The highest BCUT2D eigenvalue weighted by atomic mass is 16.5. The molecule has 1 atom stereocenters. The summed E-state index contributed by atoms with van der Waals surface area (Å²) in [6, 6.07) is 5.83. The minimum atomic E-state index is 0.0984. The minimum Gasteiger partial charge on any atom is -0.490 e. The largest absolute Gasteiger partial charge is 0.490 e. The second-order valence-corrected chi connectivity index (χ2v) is 5.90. The molecule has 1 saturated heterocycles. The molecule has 2 aliphatic rings. The molecule has 2 N–H and O–H groups in total. The summed E-state index contributed by atoms with van der Waals surface area (Å²) in [6.45, 7) is 3.72. The van der Waals surface area contributed by atoms with Gasteiger partial charge in [-0.25, -0.2) is 0 Å². The van der Waals surface area contributed by atoms with Gasteiger partial charge in [0.1, 0.15) is 12.4 Å². The molecule has 114 valence electrons. The van der Waals surface area contributed by atoms with E-state index in [9.17, 15) is 4.79 Å². The summed E-state index contributed by atoms with van der Waals surface area (Å²) >= 11 is 0. The van der Waals surface area contributed by atoms with Crippen molar-refractivity contribution in [1.29, 1.82) is 0 Å². The SMILES string of the molecule is CN1CCOc2ccc(NC(=O)CCC3CCNC3)cc21. The van der Waals surface area contributed by atoms with Gasteiger partial charge in [0.15, 0.2) is 0 Å². The summed E-state index contributed by atoms with van der Waals surface area (Å²) in [5.74, 6) is 1.64. The highest BCUT2D eigenvalue weighted by Gasteiger charge is 2.17. The number of nitrogens with one attached hydrogen (secondary N) is 2. The predicted octanol–water partition coefficient (Wildman–Crippen LogP) is 1.84. The van der Waals surface area contributed by atoms with Crippen molar-refractivity contribution in [3.63, 3.8) is 0 Å². The second-order valence-electron chi connectivity index (χ2n) is 5.90. The summed E-state index contributed by atoms with van der Waals surface area (Å²) < 4.78 is 5.61. The molecule has 0 aliphatic carbocycles. The smallest absolute Gasteiger partial charge is 0.224 e. The number of fused-ring (bicyclic) bond motifs is 1. The van der Waals surface area contributed by atoms with E-state index in [1.807, 2.05) is 25.2 Å². The quantitative estimate of drug-likeness (QED) is 0.888. The molecular formula is C16H23N3O2. The summed E-state index contributed by atoms with van der Waals surface area (Å²) in [7, 11) is 2.04. The zero-order valence-electron chi connectivity index (χ0n) is 12.5. The number of carbonyl (C=O) groups excluding carboxylic acids is 1. The Bertz CT molecular complexity index is 512. The standard InChI is InChI=1S/C16H23N3O2/c1-19-8-9-21-15-4-3-13(10-14(15)19)18-16(20)5-2-12-6-7-17-11-12/h3-4,10,12,17H,2,5-9,11H2,1H3,(H,18,20). The van der Waals surface area contributed by atoms with Crippen molar-refractivity contribution in [2.75, 3.05) is 43.5 Å². The Labute approximate surface area is 125 Å². The van der Waals surface area contributed by atoms with E-state index in [1.54, 1.807) is 0 Å². The van der Waals surface area contributed by atoms with Gasteiger partial charge in [0.2, 0.25) is 5.91 Å². The molecule has 1 unspecified atom stereocenters. The van der Waals surface area contributed by atoms with Crippen molar-refractivity contribution in [2.45, 2.75) is 19.3 Å². The third-order valence-electron chi connectivity index (χ3n) is 4.28. The van der Waals surface area contributed by atoms with E-state index in [4.69, 9.17) is 4.74 Å². The molecule has 0 bridgehead atoms. The van der Waals surface area contributed by atoms with Crippen molar-refractivity contribution < 1.29 is 9.53 Å². The lowest BCUT2D eigenvalue weighted by Gasteiger charge is -2.28. The molecular weight excluding hydrogens is 266 g/mol. The Morgan fingerprint density at radius 3 is 3.24 bits per heavy atom.